The predicted octanol–water partition coefficient (Wildman–Crippen LogP) is 1.79. The number of nitrogens with two attached hydrogens (primary N) is 1. The van der Waals surface area contributed by atoms with Gasteiger partial charge in [-0.15, -0.1) is 10.2 Å². The molecule has 0 saturated carbocycles. The summed E-state index contributed by atoms with van der Waals surface area (Å²) in [7, 11) is 0. The van der Waals surface area contributed by atoms with Crippen LogP contribution in [-0.2, 0) is 0 Å². The molecule has 1 aromatic heterocycles. The number of nitrogens with zero attached hydrogens (tertiary/aromatic N) is 2. The maximum absolute atomic E-state index is 9.88. The van der Waals surface area contributed by atoms with Crippen molar-refractivity contribution in [1.29, 1.82) is 5.41 Å². The van der Waals surface area contributed by atoms with Gasteiger partial charge in [-0.25, -0.2) is 0 Å². The third kappa shape index (κ3) is 2.21. The van der Waals surface area contributed by atoms with E-state index in [0.717, 1.165) is 0 Å². The molecule has 17 heavy (non-hydrogen) atoms. The van der Waals surface area contributed by atoms with Gasteiger partial charge in [0.15, 0.2) is 15.3 Å². The summed E-state index contributed by atoms with van der Waals surface area (Å²) < 4.78 is 0.326. The van der Waals surface area contributed by atoms with Crippen molar-refractivity contribution in [2.75, 3.05) is 5.73 Å². The highest BCUT2D eigenvalue weighted by atomic mass is 127. The van der Waals surface area contributed by atoms with E-state index in [1.165, 1.54) is 0 Å². The van der Waals surface area contributed by atoms with Crippen LogP contribution in [0.25, 0.3) is 0 Å². The third-order valence-corrected chi connectivity index (χ3v) is 2.97. The first-order chi connectivity index (χ1) is 8.11. The molecule has 0 aliphatic heterocycles. The Kier molecular flexibility index (Phi) is 3.23. The molecule has 1 aromatic carbocycles. The van der Waals surface area contributed by atoms with Gasteiger partial charge in [-0.05, 0) is 22.6 Å². The second-order valence-electron chi connectivity index (χ2n) is 3.34. The van der Waals surface area contributed by atoms with Gasteiger partial charge in [0.05, 0.1) is 11.3 Å². The van der Waals surface area contributed by atoms with Crippen molar-refractivity contribution < 1.29 is 5.11 Å². The Bertz CT molecular complexity index is 571. The number of benzene rings is 1. The van der Waals surface area contributed by atoms with Crippen LogP contribution in [-0.4, -0.2) is 21.0 Å². The fraction of sp³-hybridized carbons (Fsp3) is 0. The van der Waals surface area contributed by atoms with Crippen LogP contribution in [0.4, 0.5) is 5.82 Å². The van der Waals surface area contributed by atoms with Gasteiger partial charge in [0, 0.05) is 5.56 Å². The van der Waals surface area contributed by atoms with Crippen molar-refractivity contribution in [3.05, 3.63) is 45.2 Å². The van der Waals surface area contributed by atoms with Crippen LogP contribution < -0.4 is 5.73 Å². The second-order valence-corrected chi connectivity index (χ2v) is 4.36. The lowest BCUT2D eigenvalue weighted by atomic mass is 10.0. The zero-order chi connectivity index (χ0) is 12.4. The van der Waals surface area contributed by atoms with E-state index in [1.807, 2.05) is 40.8 Å². The lowest BCUT2D eigenvalue weighted by Crippen LogP contribution is -2.09. The van der Waals surface area contributed by atoms with E-state index >= 15 is 0 Å². The van der Waals surface area contributed by atoms with E-state index in [9.17, 15) is 5.11 Å². The molecule has 0 unspecified atom stereocenters. The third-order valence-electron chi connectivity index (χ3n) is 2.25. The Hall–Kier alpha value is -1.70. The summed E-state index contributed by atoms with van der Waals surface area (Å²) in [6, 6.07) is 9.03. The lowest BCUT2D eigenvalue weighted by molar-refractivity contribution is 0.465. The van der Waals surface area contributed by atoms with Crippen LogP contribution in [0.3, 0.4) is 0 Å². The van der Waals surface area contributed by atoms with Gasteiger partial charge < -0.3 is 10.8 Å². The topological polar surface area (TPSA) is 95.9 Å². The van der Waals surface area contributed by atoms with E-state index in [4.69, 9.17) is 11.1 Å². The smallest absolute Gasteiger partial charge is 0.166 e. The molecule has 2 rings (SSSR count). The normalized spacial score (nSPS) is 10.2. The van der Waals surface area contributed by atoms with Gasteiger partial charge in [0.2, 0.25) is 0 Å². The molecule has 0 spiro atoms. The van der Waals surface area contributed by atoms with E-state index in [1.54, 1.807) is 12.1 Å². The number of aromatic hydroxyl groups is 1. The van der Waals surface area contributed by atoms with Gasteiger partial charge in [-0.3, -0.25) is 5.41 Å². The first kappa shape index (κ1) is 11.8. The standard InChI is InChI=1S/C11H9IN4O/c12-10-9(17)7(11(14)16-15-10)8(13)6-4-2-1-3-5-6/h1-5,13H,(H3,14,16,17). The van der Waals surface area contributed by atoms with Crippen molar-refractivity contribution in [3.8, 4) is 5.75 Å². The zero-order valence-electron chi connectivity index (χ0n) is 8.68. The molecule has 0 saturated heterocycles. The SMILES string of the molecule is N=C(c1ccccc1)c1c(N)nnc(I)c1O. The Labute approximate surface area is 111 Å². The summed E-state index contributed by atoms with van der Waals surface area (Å²) in [5, 5.41) is 25.3. The number of aromatic nitrogens is 2. The van der Waals surface area contributed by atoms with Gasteiger partial charge in [-0.1, -0.05) is 30.3 Å². The Balaban J connectivity index is 2.56. The molecule has 6 heteroatoms. The summed E-state index contributed by atoms with van der Waals surface area (Å²) in [5.41, 5.74) is 6.67. The summed E-state index contributed by atoms with van der Waals surface area (Å²) >= 11 is 1.84. The molecule has 0 radical (unpaired) electrons. The molecule has 0 amide bonds. The Morgan fingerprint density at radius 1 is 1.24 bits per heavy atom. The molecular weight excluding hydrogens is 331 g/mol. The fourth-order valence-electron chi connectivity index (χ4n) is 1.42. The predicted molar refractivity (Wildman–Crippen MR) is 73.2 cm³/mol. The Morgan fingerprint density at radius 2 is 1.88 bits per heavy atom. The minimum absolute atomic E-state index is 0.0526. The van der Waals surface area contributed by atoms with Crippen LogP contribution in [0.15, 0.2) is 30.3 Å². The molecule has 0 bridgehead atoms. The van der Waals surface area contributed by atoms with E-state index in [0.29, 0.717) is 9.26 Å². The lowest BCUT2D eigenvalue weighted by Gasteiger charge is -2.09. The molecule has 0 fully saturated rings. The highest BCUT2D eigenvalue weighted by molar-refractivity contribution is 14.1. The average Bonchev–Trinajstić information content (AvgIpc) is 2.35. The van der Waals surface area contributed by atoms with Gasteiger partial charge in [0.1, 0.15) is 0 Å². The molecule has 4 N–H and O–H groups in total. The van der Waals surface area contributed by atoms with Crippen molar-refractivity contribution in [3.63, 3.8) is 0 Å². The summed E-state index contributed by atoms with van der Waals surface area (Å²) in [4.78, 5) is 0. The minimum Gasteiger partial charge on any atom is -0.504 e. The van der Waals surface area contributed by atoms with Crippen molar-refractivity contribution in [2.24, 2.45) is 0 Å². The highest BCUT2D eigenvalue weighted by Gasteiger charge is 2.17. The van der Waals surface area contributed by atoms with Gasteiger partial charge in [0.25, 0.3) is 0 Å². The monoisotopic (exact) mass is 340 g/mol. The van der Waals surface area contributed by atoms with Crippen LogP contribution in [0.5, 0.6) is 5.75 Å². The van der Waals surface area contributed by atoms with E-state index < -0.39 is 0 Å². The quantitative estimate of drug-likeness (QED) is 0.574. The van der Waals surface area contributed by atoms with E-state index in [2.05, 4.69) is 10.2 Å². The number of rotatable bonds is 2. The molecular formula is C11H9IN4O. The molecule has 2 aromatic rings. The van der Waals surface area contributed by atoms with Crippen LogP contribution >= 0.6 is 22.6 Å². The largest absolute Gasteiger partial charge is 0.504 e. The van der Waals surface area contributed by atoms with Crippen LogP contribution in [0.1, 0.15) is 11.1 Å². The summed E-state index contributed by atoms with van der Waals surface area (Å²) in [6.45, 7) is 0. The summed E-state index contributed by atoms with van der Waals surface area (Å²) in [5.74, 6) is -0.0521. The maximum Gasteiger partial charge on any atom is 0.166 e. The first-order valence-corrected chi connectivity index (χ1v) is 5.84. The molecule has 1 heterocycles. The molecule has 86 valence electrons. The van der Waals surface area contributed by atoms with Crippen molar-refractivity contribution in [1.82, 2.24) is 10.2 Å². The van der Waals surface area contributed by atoms with Gasteiger partial charge in [-0.2, -0.15) is 0 Å². The summed E-state index contributed by atoms with van der Waals surface area (Å²) in [6.07, 6.45) is 0. The second kappa shape index (κ2) is 4.66. The number of nitrogen functional groups attached to an aromatic ring is 1. The Morgan fingerprint density at radius 3 is 2.53 bits per heavy atom. The number of halogens is 1. The van der Waals surface area contributed by atoms with Crippen molar-refractivity contribution in [2.45, 2.75) is 0 Å². The zero-order valence-corrected chi connectivity index (χ0v) is 10.8. The number of anilines is 1. The fourth-order valence-corrected chi connectivity index (χ4v) is 1.79. The first-order valence-electron chi connectivity index (χ1n) is 4.76. The maximum atomic E-state index is 9.88. The number of hydrogen-bond donors (Lipinski definition) is 3. The average molecular weight is 340 g/mol. The number of nitrogens with one attached hydrogen (secondary N) is 1. The minimum atomic E-state index is -0.105. The van der Waals surface area contributed by atoms with Gasteiger partial charge >= 0.3 is 0 Å². The highest BCUT2D eigenvalue weighted by Crippen LogP contribution is 2.27. The molecule has 0 atom stereocenters. The van der Waals surface area contributed by atoms with E-state index in [-0.39, 0.29) is 22.8 Å². The van der Waals surface area contributed by atoms with Crippen LogP contribution in [0, 0.1) is 9.11 Å². The molecule has 0 aliphatic carbocycles. The molecule has 0 aliphatic rings. The van der Waals surface area contributed by atoms with Crippen molar-refractivity contribution >= 4 is 34.1 Å². The molecule has 5 nitrogen and oxygen atoms in total. The number of hydrogen-bond acceptors (Lipinski definition) is 5. The van der Waals surface area contributed by atoms with Crippen LogP contribution in [0.2, 0.25) is 0 Å².